The summed E-state index contributed by atoms with van der Waals surface area (Å²) >= 11 is 0. The monoisotopic (exact) mass is 397 g/mol. The first kappa shape index (κ1) is 28.3. The van der Waals surface area contributed by atoms with E-state index in [1.807, 2.05) is 0 Å². The summed E-state index contributed by atoms with van der Waals surface area (Å²) in [7, 11) is -4.50. The molecule has 0 aliphatic carbocycles. The van der Waals surface area contributed by atoms with Gasteiger partial charge < -0.3 is 9.87 Å². The van der Waals surface area contributed by atoms with E-state index < -0.39 is 21.4 Å². The van der Waals surface area contributed by atoms with Crippen LogP contribution in [-0.4, -0.2) is 24.3 Å². The molecule has 0 spiro atoms. The van der Waals surface area contributed by atoms with E-state index in [9.17, 15) is 17.8 Å². The zero-order chi connectivity index (χ0) is 19.1. The standard InChI is InChI=1S/C19H37NO4S.Na/c1-4-5-6-7-8-9-10-11-12-13-14-15-16-17(2)19(21)20-18(3)25(22,23)24;/h18H,2,4-16H2,1,3H3,(H,20,21)(H,22,23,24);/q;+1/p-1. The number of nitrogens with one attached hydrogen (secondary N) is 1. The molecule has 0 fully saturated rings. The molecule has 0 heterocycles. The molecule has 1 unspecified atom stereocenters. The van der Waals surface area contributed by atoms with Gasteiger partial charge in [0, 0.05) is 5.57 Å². The first-order valence-corrected chi connectivity index (χ1v) is 11.2. The molecule has 0 radical (unpaired) electrons. The fourth-order valence-electron chi connectivity index (χ4n) is 2.65. The van der Waals surface area contributed by atoms with Crippen molar-refractivity contribution < 1.29 is 47.3 Å². The molecule has 0 rings (SSSR count). The van der Waals surface area contributed by atoms with Crippen LogP contribution in [0.2, 0.25) is 0 Å². The van der Waals surface area contributed by atoms with E-state index in [-0.39, 0.29) is 29.6 Å². The molecular weight excluding hydrogens is 361 g/mol. The second-order valence-electron chi connectivity index (χ2n) is 6.85. The Balaban J connectivity index is 0. The predicted octanol–water partition coefficient (Wildman–Crippen LogP) is 1.65. The van der Waals surface area contributed by atoms with Crippen LogP contribution >= 0.6 is 0 Å². The van der Waals surface area contributed by atoms with Gasteiger partial charge in [-0.05, 0) is 19.8 Å². The van der Waals surface area contributed by atoms with E-state index in [1.165, 1.54) is 57.8 Å². The topological polar surface area (TPSA) is 86.3 Å². The van der Waals surface area contributed by atoms with Crippen LogP contribution in [-0.2, 0) is 14.9 Å². The number of unbranched alkanes of at least 4 members (excludes halogenated alkanes) is 11. The van der Waals surface area contributed by atoms with Crippen LogP contribution < -0.4 is 34.9 Å². The molecule has 7 heteroatoms. The fourth-order valence-corrected chi connectivity index (χ4v) is 2.90. The van der Waals surface area contributed by atoms with Crippen molar-refractivity contribution in [3.63, 3.8) is 0 Å². The molecular formula is C19H36NNaO4S. The van der Waals surface area contributed by atoms with Gasteiger partial charge in [0.1, 0.15) is 15.5 Å². The van der Waals surface area contributed by atoms with Crippen LogP contribution in [0.15, 0.2) is 12.2 Å². The van der Waals surface area contributed by atoms with Gasteiger partial charge in [0.25, 0.3) is 0 Å². The van der Waals surface area contributed by atoms with Gasteiger partial charge in [-0.15, -0.1) is 0 Å². The van der Waals surface area contributed by atoms with Crippen LogP contribution in [0.25, 0.3) is 0 Å². The summed E-state index contributed by atoms with van der Waals surface area (Å²) in [6.45, 7) is 7.07. The van der Waals surface area contributed by atoms with Crippen LogP contribution in [0.4, 0.5) is 0 Å². The maximum absolute atomic E-state index is 11.7. The minimum atomic E-state index is -4.50. The number of carbonyl (C=O) groups excluding carboxylic acids is 1. The van der Waals surface area contributed by atoms with E-state index in [0.29, 0.717) is 12.0 Å². The van der Waals surface area contributed by atoms with Crippen molar-refractivity contribution in [3.05, 3.63) is 12.2 Å². The Kier molecular flexibility index (Phi) is 18.8. The molecule has 1 amide bonds. The van der Waals surface area contributed by atoms with Gasteiger partial charge >= 0.3 is 29.6 Å². The van der Waals surface area contributed by atoms with Crippen LogP contribution in [0.5, 0.6) is 0 Å². The van der Waals surface area contributed by atoms with Gasteiger partial charge in [0.2, 0.25) is 5.91 Å². The third kappa shape index (κ3) is 16.3. The molecule has 0 bridgehead atoms. The van der Waals surface area contributed by atoms with Crippen molar-refractivity contribution in [1.29, 1.82) is 0 Å². The molecule has 0 saturated heterocycles. The minimum Gasteiger partial charge on any atom is -0.746 e. The van der Waals surface area contributed by atoms with Crippen LogP contribution in [0.3, 0.4) is 0 Å². The summed E-state index contributed by atoms with van der Waals surface area (Å²) in [6, 6.07) is 0. The average molecular weight is 398 g/mol. The first-order valence-electron chi connectivity index (χ1n) is 9.72. The summed E-state index contributed by atoms with van der Waals surface area (Å²) in [4.78, 5) is 11.7. The van der Waals surface area contributed by atoms with Gasteiger partial charge in [-0.3, -0.25) is 4.79 Å². The Hall–Kier alpha value is 0.120. The van der Waals surface area contributed by atoms with Gasteiger partial charge in [-0.25, -0.2) is 8.42 Å². The molecule has 0 aromatic rings. The van der Waals surface area contributed by atoms with E-state index in [0.717, 1.165) is 26.2 Å². The van der Waals surface area contributed by atoms with Gasteiger partial charge in [0.15, 0.2) is 0 Å². The third-order valence-electron chi connectivity index (χ3n) is 4.42. The van der Waals surface area contributed by atoms with E-state index in [4.69, 9.17) is 0 Å². The molecule has 0 saturated carbocycles. The van der Waals surface area contributed by atoms with Crippen LogP contribution in [0, 0.1) is 0 Å². The minimum absolute atomic E-state index is 0. The molecule has 26 heavy (non-hydrogen) atoms. The Morgan fingerprint density at radius 3 is 1.69 bits per heavy atom. The molecule has 0 aliphatic heterocycles. The average Bonchev–Trinajstić information content (AvgIpc) is 2.54. The molecule has 148 valence electrons. The second-order valence-corrected chi connectivity index (χ2v) is 8.54. The number of amides is 1. The molecule has 0 aliphatic rings. The molecule has 1 N–H and O–H groups in total. The van der Waals surface area contributed by atoms with Gasteiger partial charge in [0.05, 0.1) is 0 Å². The van der Waals surface area contributed by atoms with Crippen molar-refractivity contribution >= 4 is 16.0 Å². The smallest absolute Gasteiger partial charge is 0.746 e. The van der Waals surface area contributed by atoms with E-state index in [2.05, 4.69) is 18.8 Å². The largest absolute Gasteiger partial charge is 1.00 e. The van der Waals surface area contributed by atoms with Crippen molar-refractivity contribution in [2.75, 3.05) is 0 Å². The van der Waals surface area contributed by atoms with Crippen LogP contribution in [0.1, 0.15) is 97.3 Å². The number of hydrogen-bond acceptors (Lipinski definition) is 4. The summed E-state index contributed by atoms with van der Waals surface area (Å²) in [6.07, 6.45) is 15.5. The van der Waals surface area contributed by atoms with Crippen molar-refractivity contribution in [1.82, 2.24) is 5.32 Å². The quantitative estimate of drug-likeness (QED) is 0.186. The predicted molar refractivity (Wildman–Crippen MR) is 102 cm³/mol. The van der Waals surface area contributed by atoms with E-state index >= 15 is 0 Å². The Bertz CT molecular complexity index is 480. The number of hydrogen-bond donors (Lipinski definition) is 1. The summed E-state index contributed by atoms with van der Waals surface area (Å²) in [5, 5.41) is 0.756. The van der Waals surface area contributed by atoms with Gasteiger partial charge in [-0.2, -0.15) is 0 Å². The Morgan fingerprint density at radius 1 is 0.923 bits per heavy atom. The van der Waals surface area contributed by atoms with Crippen molar-refractivity contribution in [2.24, 2.45) is 0 Å². The zero-order valence-electron chi connectivity index (χ0n) is 17.0. The second kappa shape index (κ2) is 17.2. The molecule has 0 aromatic heterocycles. The Labute approximate surface area is 182 Å². The third-order valence-corrected chi connectivity index (χ3v) is 5.40. The van der Waals surface area contributed by atoms with E-state index in [1.54, 1.807) is 0 Å². The van der Waals surface area contributed by atoms with Crippen molar-refractivity contribution in [2.45, 2.75) is 103 Å². The van der Waals surface area contributed by atoms with Gasteiger partial charge in [-0.1, -0.05) is 84.1 Å². The summed E-state index contributed by atoms with van der Waals surface area (Å²) < 4.78 is 32.3. The fraction of sp³-hybridized carbons (Fsp3) is 0.842. The Morgan fingerprint density at radius 2 is 1.31 bits per heavy atom. The zero-order valence-corrected chi connectivity index (χ0v) is 19.8. The molecule has 5 nitrogen and oxygen atoms in total. The maximum atomic E-state index is 11.7. The SMILES string of the molecule is C=C(CCCCCCCCCCCCCC)C(=O)NC(C)S(=O)(=O)[O-].[Na+]. The first-order chi connectivity index (χ1) is 11.8. The number of carbonyl (C=O) groups is 1. The summed E-state index contributed by atoms with van der Waals surface area (Å²) in [5.41, 5.74) is 0.336. The number of rotatable bonds is 16. The molecule has 1 atom stereocenters. The normalized spacial score (nSPS) is 12.3. The van der Waals surface area contributed by atoms with Crippen molar-refractivity contribution in [3.8, 4) is 0 Å². The maximum Gasteiger partial charge on any atom is 1.00 e. The molecule has 0 aromatic carbocycles. The summed E-state index contributed by atoms with van der Waals surface area (Å²) in [5.74, 6) is -0.546.